The van der Waals surface area contributed by atoms with E-state index >= 15 is 0 Å². The molecule has 0 fully saturated rings. The van der Waals surface area contributed by atoms with Gasteiger partial charge in [0.2, 0.25) is 0 Å². The van der Waals surface area contributed by atoms with E-state index in [2.05, 4.69) is 27.2 Å². The topological polar surface area (TPSA) is 67.8 Å². The van der Waals surface area contributed by atoms with E-state index in [4.69, 9.17) is 0 Å². The highest BCUT2D eigenvalue weighted by Gasteiger charge is 2.19. The number of nitrogens with zero attached hydrogens (tertiary/aromatic N) is 3. The molecule has 26 heavy (non-hydrogen) atoms. The van der Waals surface area contributed by atoms with E-state index in [0.717, 1.165) is 27.9 Å². The van der Waals surface area contributed by atoms with Gasteiger partial charge >= 0.3 is 0 Å². The molecule has 4 rings (SSSR count). The third-order valence-corrected chi connectivity index (χ3v) is 5.05. The Hall–Kier alpha value is -3.12. The van der Waals surface area contributed by atoms with Crippen molar-refractivity contribution in [1.82, 2.24) is 15.0 Å². The molecule has 1 N–H and O–H groups in total. The normalized spacial score (nSPS) is 10.8. The predicted octanol–water partition coefficient (Wildman–Crippen LogP) is 4.57. The molecule has 2 aromatic heterocycles. The van der Waals surface area contributed by atoms with Crippen LogP contribution in [0.4, 0.5) is 5.69 Å². The lowest BCUT2D eigenvalue weighted by Gasteiger charge is -2.08. The average molecular weight is 360 g/mol. The molecule has 4 aromatic rings. The number of para-hydroxylation sites is 1. The molecular weight excluding hydrogens is 344 g/mol. The van der Waals surface area contributed by atoms with Gasteiger partial charge < -0.3 is 5.32 Å². The number of fused-ring (bicyclic) bond motifs is 1. The molecule has 0 radical (unpaired) electrons. The zero-order valence-corrected chi connectivity index (χ0v) is 15.0. The van der Waals surface area contributed by atoms with E-state index in [9.17, 15) is 4.79 Å². The van der Waals surface area contributed by atoms with Gasteiger partial charge in [0.05, 0.1) is 10.2 Å². The van der Waals surface area contributed by atoms with Gasteiger partial charge in [-0.25, -0.2) is 15.0 Å². The standard InChI is InChI=1S/C20H16N4OS/c1-2-13-6-5-7-14(12-13)23-19(25)17-18(22-11-10-21-17)20-24-15-8-3-4-9-16(15)26-20/h3-12H,2H2,1H3,(H,23,25). The highest BCUT2D eigenvalue weighted by atomic mass is 32.1. The van der Waals surface area contributed by atoms with Crippen LogP contribution < -0.4 is 5.32 Å². The summed E-state index contributed by atoms with van der Waals surface area (Å²) >= 11 is 1.50. The third kappa shape index (κ3) is 3.19. The number of benzene rings is 2. The monoisotopic (exact) mass is 360 g/mol. The molecule has 0 aliphatic heterocycles. The van der Waals surface area contributed by atoms with Crippen molar-refractivity contribution in [3.8, 4) is 10.7 Å². The number of hydrogen-bond acceptors (Lipinski definition) is 5. The molecule has 0 atom stereocenters. The third-order valence-electron chi connectivity index (χ3n) is 4.00. The van der Waals surface area contributed by atoms with Crippen molar-refractivity contribution in [2.24, 2.45) is 0 Å². The zero-order valence-electron chi connectivity index (χ0n) is 14.1. The van der Waals surface area contributed by atoms with Crippen LogP contribution in [0.25, 0.3) is 20.9 Å². The van der Waals surface area contributed by atoms with E-state index in [1.54, 1.807) is 6.20 Å². The van der Waals surface area contributed by atoms with Crippen molar-refractivity contribution < 1.29 is 4.79 Å². The van der Waals surface area contributed by atoms with Crippen LogP contribution >= 0.6 is 11.3 Å². The SMILES string of the molecule is CCc1cccc(NC(=O)c2nccnc2-c2nc3ccccc3s2)c1. The first-order chi connectivity index (χ1) is 12.7. The summed E-state index contributed by atoms with van der Waals surface area (Å²) in [6, 6.07) is 15.7. The van der Waals surface area contributed by atoms with Crippen molar-refractivity contribution in [2.75, 3.05) is 5.32 Å². The minimum atomic E-state index is -0.291. The van der Waals surface area contributed by atoms with Crippen molar-refractivity contribution in [3.63, 3.8) is 0 Å². The maximum absolute atomic E-state index is 12.8. The summed E-state index contributed by atoms with van der Waals surface area (Å²) in [4.78, 5) is 26.0. The number of aromatic nitrogens is 3. The summed E-state index contributed by atoms with van der Waals surface area (Å²) < 4.78 is 1.05. The van der Waals surface area contributed by atoms with Crippen LogP contribution in [0.3, 0.4) is 0 Å². The molecule has 0 unspecified atom stereocenters. The number of carbonyl (C=O) groups excluding carboxylic acids is 1. The minimum Gasteiger partial charge on any atom is -0.321 e. The first kappa shape index (κ1) is 16.4. The van der Waals surface area contributed by atoms with Gasteiger partial charge in [0.15, 0.2) is 5.69 Å². The van der Waals surface area contributed by atoms with Crippen molar-refractivity contribution in [1.29, 1.82) is 0 Å². The van der Waals surface area contributed by atoms with E-state index < -0.39 is 0 Å². The largest absolute Gasteiger partial charge is 0.321 e. The molecule has 1 amide bonds. The Bertz CT molecular complexity index is 1060. The van der Waals surface area contributed by atoms with Crippen LogP contribution in [-0.2, 0) is 6.42 Å². The number of carbonyl (C=O) groups is 1. The lowest BCUT2D eigenvalue weighted by atomic mass is 10.1. The molecule has 128 valence electrons. The van der Waals surface area contributed by atoms with Gasteiger partial charge in [0, 0.05) is 18.1 Å². The Morgan fingerprint density at radius 3 is 2.77 bits per heavy atom. The van der Waals surface area contributed by atoms with Gasteiger partial charge in [-0.3, -0.25) is 4.79 Å². The summed E-state index contributed by atoms with van der Waals surface area (Å²) in [7, 11) is 0. The Kier molecular flexibility index (Phi) is 4.41. The number of thiazole rings is 1. The van der Waals surface area contributed by atoms with E-state index in [0.29, 0.717) is 10.7 Å². The molecule has 0 saturated heterocycles. The van der Waals surface area contributed by atoms with Crippen LogP contribution in [0.15, 0.2) is 60.9 Å². The van der Waals surface area contributed by atoms with Gasteiger partial charge in [0.25, 0.3) is 5.91 Å². The number of rotatable bonds is 4. The van der Waals surface area contributed by atoms with Crippen molar-refractivity contribution in [3.05, 3.63) is 72.2 Å². The second-order valence-corrected chi connectivity index (χ2v) is 6.78. The van der Waals surface area contributed by atoms with E-state index in [-0.39, 0.29) is 11.6 Å². The molecule has 6 heteroatoms. The van der Waals surface area contributed by atoms with Gasteiger partial charge in [-0.05, 0) is 36.2 Å². The quantitative estimate of drug-likeness (QED) is 0.579. The highest BCUT2D eigenvalue weighted by molar-refractivity contribution is 7.21. The molecule has 2 heterocycles. The molecule has 2 aromatic carbocycles. The maximum atomic E-state index is 12.8. The molecule has 0 spiro atoms. The fourth-order valence-corrected chi connectivity index (χ4v) is 3.66. The van der Waals surface area contributed by atoms with Crippen LogP contribution in [-0.4, -0.2) is 20.9 Å². The first-order valence-electron chi connectivity index (χ1n) is 8.32. The van der Waals surface area contributed by atoms with Crippen molar-refractivity contribution >= 4 is 33.1 Å². The molecule has 0 bridgehead atoms. The number of nitrogens with one attached hydrogen (secondary N) is 1. The molecule has 5 nitrogen and oxygen atoms in total. The summed E-state index contributed by atoms with van der Waals surface area (Å²) in [5, 5.41) is 3.60. The van der Waals surface area contributed by atoms with Crippen molar-refractivity contribution in [2.45, 2.75) is 13.3 Å². The van der Waals surface area contributed by atoms with Crippen LogP contribution in [0.5, 0.6) is 0 Å². The number of hydrogen-bond donors (Lipinski definition) is 1. The predicted molar refractivity (Wildman–Crippen MR) is 104 cm³/mol. The summed E-state index contributed by atoms with van der Waals surface area (Å²) in [5.41, 5.74) is 3.56. The van der Waals surface area contributed by atoms with Crippen LogP contribution in [0, 0.1) is 0 Å². The van der Waals surface area contributed by atoms with Gasteiger partial charge in [-0.1, -0.05) is 31.2 Å². The lowest BCUT2D eigenvalue weighted by Crippen LogP contribution is -2.15. The molecule has 0 aliphatic carbocycles. The molecule has 0 aliphatic rings. The Balaban J connectivity index is 1.69. The zero-order chi connectivity index (χ0) is 17.9. The van der Waals surface area contributed by atoms with E-state index in [1.165, 1.54) is 17.5 Å². The Labute approximate surface area is 154 Å². The highest BCUT2D eigenvalue weighted by Crippen LogP contribution is 2.30. The summed E-state index contributed by atoms with van der Waals surface area (Å²) in [5.74, 6) is -0.291. The number of aryl methyl sites for hydroxylation is 1. The van der Waals surface area contributed by atoms with Crippen LogP contribution in [0.1, 0.15) is 23.0 Å². The molecular formula is C20H16N4OS. The van der Waals surface area contributed by atoms with Gasteiger partial charge in [-0.15, -0.1) is 11.3 Å². The first-order valence-corrected chi connectivity index (χ1v) is 9.13. The average Bonchev–Trinajstić information content (AvgIpc) is 3.12. The number of amides is 1. The second-order valence-electron chi connectivity index (χ2n) is 5.75. The van der Waals surface area contributed by atoms with Crippen LogP contribution in [0.2, 0.25) is 0 Å². The fourth-order valence-electron chi connectivity index (χ4n) is 2.69. The van der Waals surface area contributed by atoms with Gasteiger partial charge in [0.1, 0.15) is 10.7 Å². The second kappa shape index (κ2) is 7.01. The fraction of sp³-hybridized carbons (Fsp3) is 0.100. The molecule has 0 saturated carbocycles. The summed E-state index contributed by atoms with van der Waals surface area (Å²) in [6.07, 6.45) is 4.01. The van der Waals surface area contributed by atoms with Gasteiger partial charge in [-0.2, -0.15) is 0 Å². The Morgan fingerprint density at radius 1 is 1.08 bits per heavy atom. The lowest BCUT2D eigenvalue weighted by molar-refractivity contribution is 0.102. The maximum Gasteiger partial charge on any atom is 0.276 e. The minimum absolute atomic E-state index is 0.272. The number of anilines is 1. The smallest absolute Gasteiger partial charge is 0.276 e. The summed E-state index contributed by atoms with van der Waals surface area (Å²) in [6.45, 7) is 2.08. The Morgan fingerprint density at radius 2 is 1.92 bits per heavy atom. The van der Waals surface area contributed by atoms with E-state index in [1.807, 2.05) is 48.5 Å².